The van der Waals surface area contributed by atoms with Crippen LogP contribution >= 0.6 is 12.4 Å². The Morgan fingerprint density at radius 1 is 1.59 bits per heavy atom. The first-order valence-corrected chi connectivity index (χ1v) is 5.59. The second-order valence-electron chi connectivity index (χ2n) is 4.75. The van der Waals surface area contributed by atoms with Gasteiger partial charge in [0.25, 0.3) is 0 Å². The number of halogens is 1. The van der Waals surface area contributed by atoms with E-state index in [9.17, 15) is 9.59 Å². The van der Waals surface area contributed by atoms with Crippen molar-refractivity contribution >= 4 is 24.2 Å². The molecule has 3 unspecified atom stereocenters. The number of β-lactam (4-membered cyclic amide) rings is 1. The fraction of sp³-hybridized carbons (Fsp3) is 0.800. The number of amides is 2. The van der Waals surface area contributed by atoms with E-state index >= 15 is 0 Å². The van der Waals surface area contributed by atoms with E-state index in [0.717, 1.165) is 19.4 Å². The summed E-state index contributed by atoms with van der Waals surface area (Å²) in [4.78, 5) is 24.8. The third-order valence-corrected chi connectivity index (χ3v) is 3.48. The molecule has 0 aromatic rings. The van der Waals surface area contributed by atoms with Crippen molar-refractivity contribution in [1.82, 2.24) is 10.2 Å². The number of hydrogen-bond donors (Lipinski definition) is 3. The minimum atomic E-state index is -0.680. The molecule has 2 aliphatic rings. The Labute approximate surface area is 106 Å². The van der Waals surface area contributed by atoms with E-state index in [1.54, 1.807) is 6.92 Å². The third-order valence-electron chi connectivity index (χ3n) is 3.48. The summed E-state index contributed by atoms with van der Waals surface area (Å²) in [7, 11) is 0. The quantitative estimate of drug-likeness (QED) is 0.543. The van der Waals surface area contributed by atoms with Crippen molar-refractivity contribution < 1.29 is 9.59 Å². The molecule has 98 valence electrons. The van der Waals surface area contributed by atoms with E-state index in [-0.39, 0.29) is 18.3 Å². The van der Waals surface area contributed by atoms with Crippen molar-refractivity contribution in [2.75, 3.05) is 13.1 Å². The topological polar surface area (TPSA) is 101 Å². The highest BCUT2D eigenvalue weighted by atomic mass is 35.5. The van der Waals surface area contributed by atoms with Crippen LogP contribution in [-0.4, -0.2) is 47.4 Å². The fourth-order valence-electron chi connectivity index (χ4n) is 2.66. The van der Waals surface area contributed by atoms with Crippen LogP contribution in [0.1, 0.15) is 19.8 Å². The number of carbonyl (C=O) groups is 2. The molecular formula is C10H19ClN4O2. The van der Waals surface area contributed by atoms with Gasteiger partial charge in [0.2, 0.25) is 11.8 Å². The van der Waals surface area contributed by atoms with Crippen LogP contribution in [0.5, 0.6) is 0 Å². The molecule has 7 heteroatoms. The molecule has 3 atom stereocenters. The fourth-order valence-corrected chi connectivity index (χ4v) is 2.66. The molecule has 0 radical (unpaired) electrons. The molecule has 2 rings (SSSR count). The van der Waals surface area contributed by atoms with Gasteiger partial charge in [0, 0.05) is 12.6 Å². The minimum absolute atomic E-state index is 0. The first-order chi connectivity index (χ1) is 7.48. The lowest BCUT2D eigenvalue weighted by molar-refractivity contribution is -0.159. The van der Waals surface area contributed by atoms with E-state index in [1.807, 2.05) is 0 Å². The van der Waals surface area contributed by atoms with Gasteiger partial charge in [-0.2, -0.15) is 0 Å². The average Bonchev–Trinajstić information content (AvgIpc) is 2.67. The highest BCUT2D eigenvalue weighted by Gasteiger charge is 2.56. The average molecular weight is 263 g/mol. The Balaban J connectivity index is 0.00000144. The Bertz CT molecular complexity index is 328. The first kappa shape index (κ1) is 14.2. The zero-order chi connectivity index (χ0) is 11.9. The van der Waals surface area contributed by atoms with Gasteiger partial charge in [-0.3, -0.25) is 9.59 Å². The van der Waals surface area contributed by atoms with Gasteiger partial charge in [-0.1, -0.05) is 0 Å². The molecule has 2 amide bonds. The van der Waals surface area contributed by atoms with Crippen molar-refractivity contribution in [2.45, 2.75) is 37.4 Å². The summed E-state index contributed by atoms with van der Waals surface area (Å²) < 4.78 is 0. The predicted molar refractivity (Wildman–Crippen MR) is 65.6 cm³/mol. The van der Waals surface area contributed by atoms with Crippen LogP contribution in [0.3, 0.4) is 0 Å². The number of nitrogens with zero attached hydrogens (tertiary/aromatic N) is 1. The third kappa shape index (κ3) is 2.12. The van der Waals surface area contributed by atoms with Crippen molar-refractivity contribution in [3.8, 4) is 0 Å². The van der Waals surface area contributed by atoms with E-state index < -0.39 is 23.5 Å². The molecule has 0 bridgehead atoms. The minimum Gasteiger partial charge on any atom is -0.368 e. The van der Waals surface area contributed by atoms with Crippen LogP contribution in [0.4, 0.5) is 0 Å². The molecule has 1 spiro atoms. The lowest BCUT2D eigenvalue weighted by Crippen LogP contribution is -2.76. The molecule has 0 aromatic heterocycles. The largest absolute Gasteiger partial charge is 0.368 e. The van der Waals surface area contributed by atoms with Gasteiger partial charge in [0.1, 0.15) is 11.6 Å². The summed E-state index contributed by atoms with van der Waals surface area (Å²) in [6, 6.07) is -1.11. The standard InChI is InChI=1S/C10H18N4O2.ClH/c1-6(11)7(8(12)15)14-5-10(9(14)16)3-2-4-13-10;/h6-7,13H,2-5,11H2,1H3,(H2,12,15);1H. The maximum absolute atomic E-state index is 12.0. The van der Waals surface area contributed by atoms with Crippen LogP contribution in [0, 0.1) is 0 Å². The van der Waals surface area contributed by atoms with Crippen LogP contribution in [0.2, 0.25) is 0 Å². The van der Waals surface area contributed by atoms with Gasteiger partial charge in [-0.05, 0) is 26.3 Å². The number of likely N-dealkylation sites (tertiary alicyclic amines) is 1. The smallest absolute Gasteiger partial charge is 0.245 e. The maximum Gasteiger partial charge on any atom is 0.245 e. The van der Waals surface area contributed by atoms with E-state index in [1.165, 1.54) is 4.90 Å². The van der Waals surface area contributed by atoms with Crippen molar-refractivity contribution in [3.05, 3.63) is 0 Å². The predicted octanol–water partition coefficient (Wildman–Crippen LogP) is -1.43. The summed E-state index contributed by atoms with van der Waals surface area (Å²) in [5.74, 6) is -0.567. The molecule has 0 aliphatic carbocycles. The van der Waals surface area contributed by atoms with E-state index in [0.29, 0.717) is 6.54 Å². The van der Waals surface area contributed by atoms with Crippen molar-refractivity contribution in [1.29, 1.82) is 0 Å². The number of hydrogen-bond acceptors (Lipinski definition) is 4. The molecule has 17 heavy (non-hydrogen) atoms. The van der Waals surface area contributed by atoms with Gasteiger partial charge >= 0.3 is 0 Å². The van der Waals surface area contributed by atoms with Crippen LogP contribution in [-0.2, 0) is 9.59 Å². The highest BCUT2D eigenvalue weighted by Crippen LogP contribution is 2.33. The lowest BCUT2D eigenvalue weighted by atomic mass is 9.84. The first-order valence-electron chi connectivity index (χ1n) is 5.59. The molecule has 6 nitrogen and oxygen atoms in total. The summed E-state index contributed by atoms with van der Waals surface area (Å²) >= 11 is 0. The van der Waals surface area contributed by atoms with E-state index in [4.69, 9.17) is 11.5 Å². The summed E-state index contributed by atoms with van der Waals surface area (Å²) in [6.07, 6.45) is 1.84. The van der Waals surface area contributed by atoms with Crippen LogP contribution in [0.15, 0.2) is 0 Å². The summed E-state index contributed by atoms with van der Waals surface area (Å²) in [6.45, 7) is 3.09. The number of primary amides is 1. The number of carbonyl (C=O) groups excluding carboxylic acids is 2. The van der Waals surface area contributed by atoms with Crippen LogP contribution < -0.4 is 16.8 Å². The van der Waals surface area contributed by atoms with Gasteiger partial charge in [0.05, 0.1) is 0 Å². The molecule has 5 N–H and O–H groups in total. The Morgan fingerprint density at radius 3 is 2.59 bits per heavy atom. The second kappa shape index (κ2) is 4.80. The molecule has 2 saturated heterocycles. The molecule has 0 saturated carbocycles. The van der Waals surface area contributed by atoms with Gasteiger partial charge in [-0.25, -0.2) is 0 Å². The number of nitrogens with one attached hydrogen (secondary N) is 1. The molecule has 2 fully saturated rings. The zero-order valence-corrected chi connectivity index (χ0v) is 10.6. The molecule has 0 aromatic carbocycles. The maximum atomic E-state index is 12.0. The molecule has 2 aliphatic heterocycles. The van der Waals surface area contributed by atoms with Gasteiger partial charge in [0.15, 0.2) is 0 Å². The zero-order valence-electron chi connectivity index (χ0n) is 9.81. The molecular weight excluding hydrogens is 244 g/mol. The van der Waals surface area contributed by atoms with E-state index in [2.05, 4.69) is 5.32 Å². The van der Waals surface area contributed by atoms with Crippen LogP contribution in [0.25, 0.3) is 0 Å². The SMILES string of the molecule is CC(N)C(C(N)=O)N1CC2(CCCN2)C1=O.Cl. The Morgan fingerprint density at radius 2 is 2.24 bits per heavy atom. The normalized spacial score (nSPS) is 30.7. The van der Waals surface area contributed by atoms with Gasteiger partial charge in [-0.15, -0.1) is 12.4 Å². The van der Waals surface area contributed by atoms with Crippen molar-refractivity contribution in [3.63, 3.8) is 0 Å². The summed E-state index contributed by atoms with van der Waals surface area (Å²) in [5.41, 5.74) is 10.5. The highest BCUT2D eigenvalue weighted by molar-refractivity contribution is 5.97. The second-order valence-corrected chi connectivity index (χ2v) is 4.75. The Hall–Kier alpha value is -0.850. The number of rotatable bonds is 3. The summed E-state index contributed by atoms with van der Waals surface area (Å²) in [5, 5.41) is 3.20. The number of nitrogens with two attached hydrogens (primary N) is 2. The lowest BCUT2D eigenvalue weighted by Gasteiger charge is -2.50. The van der Waals surface area contributed by atoms with Crippen molar-refractivity contribution in [2.24, 2.45) is 11.5 Å². The van der Waals surface area contributed by atoms with Gasteiger partial charge < -0.3 is 21.7 Å². The Kier molecular flexibility index (Phi) is 4.01. The molecule has 2 heterocycles. The monoisotopic (exact) mass is 262 g/mol.